The number of carbonyl (C=O) groups is 1. The molecule has 0 spiro atoms. The summed E-state index contributed by atoms with van der Waals surface area (Å²) < 4.78 is 18.2. The van der Waals surface area contributed by atoms with Gasteiger partial charge >= 0.3 is 5.97 Å². The minimum Gasteiger partial charge on any atom is -0.452 e. The number of hydrogen-bond donors (Lipinski definition) is 1. The molecular formula is C11H11FO3S. The van der Waals surface area contributed by atoms with Crippen LogP contribution in [-0.2, 0) is 4.74 Å². The normalized spacial score (nSPS) is 29.0. The summed E-state index contributed by atoms with van der Waals surface area (Å²) in [6.45, 7) is 0. The van der Waals surface area contributed by atoms with E-state index >= 15 is 0 Å². The summed E-state index contributed by atoms with van der Waals surface area (Å²) in [5, 5.41) is 9.40. The average Bonchev–Trinajstić information content (AvgIpc) is 2.62. The van der Waals surface area contributed by atoms with E-state index in [0.717, 1.165) is 11.8 Å². The smallest absolute Gasteiger partial charge is 0.338 e. The molecule has 5 heteroatoms. The molecule has 16 heavy (non-hydrogen) atoms. The molecule has 1 unspecified atom stereocenters. The third kappa shape index (κ3) is 2.36. The van der Waals surface area contributed by atoms with Crippen molar-refractivity contribution in [3.63, 3.8) is 0 Å². The molecule has 0 aliphatic carbocycles. The van der Waals surface area contributed by atoms with Gasteiger partial charge in [0.25, 0.3) is 0 Å². The molecule has 1 aromatic carbocycles. The molecule has 1 fully saturated rings. The van der Waals surface area contributed by atoms with E-state index in [9.17, 15) is 14.3 Å². The third-order valence-electron chi connectivity index (χ3n) is 2.32. The van der Waals surface area contributed by atoms with Crippen molar-refractivity contribution in [2.45, 2.75) is 17.7 Å². The molecule has 1 aliphatic rings. The molecule has 2 rings (SSSR count). The predicted octanol–water partition coefficient (Wildman–Crippen LogP) is 1.62. The number of carbonyl (C=O) groups excluding carboxylic acids is 1. The lowest BCUT2D eigenvalue weighted by Gasteiger charge is -2.16. The van der Waals surface area contributed by atoms with Crippen LogP contribution >= 0.6 is 11.8 Å². The Hall–Kier alpha value is -1.07. The van der Waals surface area contributed by atoms with E-state index in [1.807, 2.05) is 0 Å². The highest BCUT2D eigenvalue weighted by molar-refractivity contribution is 8.00. The Morgan fingerprint density at radius 2 is 2.12 bits per heavy atom. The molecule has 0 aromatic heterocycles. The quantitative estimate of drug-likeness (QED) is 0.800. The zero-order valence-electron chi connectivity index (χ0n) is 8.38. The second-order valence-corrected chi connectivity index (χ2v) is 4.63. The number of hydrogen-bond acceptors (Lipinski definition) is 4. The van der Waals surface area contributed by atoms with Crippen molar-refractivity contribution in [1.82, 2.24) is 0 Å². The van der Waals surface area contributed by atoms with Crippen LogP contribution in [0.25, 0.3) is 0 Å². The van der Waals surface area contributed by atoms with E-state index in [1.165, 1.54) is 0 Å². The van der Waals surface area contributed by atoms with E-state index in [0.29, 0.717) is 5.56 Å². The van der Waals surface area contributed by atoms with Gasteiger partial charge in [-0.15, -0.1) is 11.8 Å². The maximum atomic E-state index is 13.3. The van der Waals surface area contributed by atoms with Gasteiger partial charge in [-0.1, -0.05) is 18.2 Å². The molecule has 1 heterocycles. The fourth-order valence-electron chi connectivity index (χ4n) is 1.46. The van der Waals surface area contributed by atoms with Crippen LogP contribution in [0.1, 0.15) is 10.4 Å². The first-order valence-electron chi connectivity index (χ1n) is 4.88. The van der Waals surface area contributed by atoms with Crippen LogP contribution < -0.4 is 0 Å². The number of ether oxygens (including phenoxy) is 1. The van der Waals surface area contributed by atoms with E-state index in [4.69, 9.17) is 4.74 Å². The average molecular weight is 242 g/mol. The molecule has 3 nitrogen and oxygen atoms in total. The van der Waals surface area contributed by atoms with Crippen molar-refractivity contribution >= 4 is 17.7 Å². The van der Waals surface area contributed by atoms with Gasteiger partial charge in [-0.2, -0.15) is 0 Å². The first-order chi connectivity index (χ1) is 7.68. The minimum absolute atomic E-state index is 0.161. The summed E-state index contributed by atoms with van der Waals surface area (Å²) >= 11 is 1.05. The number of halogens is 1. The van der Waals surface area contributed by atoms with Gasteiger partial charge in [0.05, 0.1) is 5.56 Å². The molecule has 0 bridgehead atoms. The number of benzene rings is 1. The lowest BCUT2D eigenvalue weighted by Crippen LogP contribution is -2.32. The molecule has 0 saturated carbocycles. The van der Waals surface area contributed by atoms with E-state index < -0.39 is 23.7 Å². The predicted molar refractivity (Wildman–Crippen MR) is 59.0 cm³/mol. The van der Waals surface area contributed by atoms with E-state index in [1.54, 1.807) is 30.3 Å². The number of alkyl halides is 1. The van der Waals surface area contributed by atoms with Gasteiger partial charge in [0.2, 0.25) is 0 Å². The van der Waals surface area contributed by atoms with Gasteiger partial charge in [0, 0.05) is 5.75 Å². The largest absolute Gasteiger partial charge is 0.452 e. The molecule has 86 valence electrons. The first kappa shape index (κ1) is 11.4. The van der Waals surface area contributed by atoms with E-state index in [2.05, 4.69) is 0 Å². The molecular weight excluding hydrogens is 231 g/mol. The zero-order valence-corrected chi connectivity index (χ0v) is 9.19. The fourth-order valence-corrected chi connectivity index (χ4v) is 2.44. The van der Waals surface area contributed by atoms with Gasteiger partial charge in [0.1, 0.15) is 11.6 Å². The Labute approximate surface area is 96.6 Å². The SMILES string of the molecule is O=C(O[C@H]1C(O)SC[C@H]1F)c1ccccc1. The Bertz CT molecular complexity index is 361. The molecule has 0 radical (unpaired) electrons. The van der Waals surface area contributed by atoms with Crippen LogP contribution in [0, 0.1) is 0 Å². The molecule has 1 saturated heterocycles. The van der Waals surface area contributed by atoms with Crippen LogP contribution in [0.2, 0.25) is 0 Å². The van der Waals surface area contributed by atoms with Crippen molar-refractivity contribution in [3.05, 3.63) is 35.9 Å². The summed E-state index contributed by atoms with van der Waals surface area (Å²) in [6, 6.07) is 8.34. The lowest BCUT2D eigenvalue weighted by molar-refractivity contribution is -0.0136. The molecule has 1 N–H and O–H groups in total. The molecule has 1 aliphatic heterocycles. The van der Waals surface area contributed by atoms with Crippen molar-refractivity contribution < 1.29 is 19.0 Å². The Morgan fingerprint density at radius 3 is 2.69 bits per heavy atom. The highest BCUT2D eigenvalue weighted by atomic mass is 32.2. The van der Waals surface area contributed by atoms with Crippen LogP contribution in [0.3, 0.4) is 0 Å². The Balaban J connectivity index is 2.02. The second kappa shape index (κ2) is 4.84. The standard InChI is InChI=1S/C11H11FO3S/c12-8-6-16-11(14)9(8)15-10(13)7-4-2-1-3-5-7/h1-5,8-9,11,14H,6H2/t8-,9-,11?/m1/s1. The Kier molecular flexibility index (Phi) is 3.46. The van der Waals surface area contributed by atoms with Crippen molar-refractivity contribution in [3.8, 4) is 0 Å². The summed E-state index contributed by atoms with van der Waals surface area (Å²) in [4.78, 5) is 11.6. The lowest BCUT2D eigenvalue weighted by atomic mass is 10.2. The van der Waals surface area contributed by atoms with Crippen LogP contribution in [-0.4, -0.2) is 34.5 Å². The van der Waals surface area contributed by atoms with E-state index in [-0.39, 0.29) is 5.75 Å². The van der Waals surface area contributed by atoms with Crippen LogP contribution in [0.4, 0.5) is 4.39 Å². The highest BCUT2D eigenvalue weighted by Crippen LogP contribution is 2.30. The molecule has 3 atom stereocenters. The third-order valence-corrected chi connectivity index (χ3v) is 3.44. The van der Waals surface area contributed by atoms with Crippen molar-refractivity contribution in [2.24, 2.45) is 0 Å². The number of rotatable bonds is 2. The number of esters is 1. The van der Waals surface area contributed by atoms with Crippen LogP contribution in [0.15, 0.2) is 30.3 Å². The second-order valence-electron chi connectivity index (χ2n) is 3.48. The summed E-state index contributed by atoms with van der Waals surface area (Å²) in [7, 11) is 0. The summed E-state index contributed by atoms with van der Waals surface area (Å²) in [6.07, 6.45) is -2.36. The van der Waals surface area contributed by atoms with Gasteiger partial charge in [-0.05, 0) is 12.1 Å². The zero-order chi connectivity index (χ0) is 11.5. The van der Waals surface area contributed by atoms with Crippen molar-refractivity contribution in [2.75, 3.05) is 5.75 Å². The van der Waals surface area contributed by atoms with Crippen LogP contribution in [0.5, 0.6) is 0 Å². The van der Waals surface area contributed by atoms with Gasteiger partial charge in [-0.3, -0.25) is 0 Å². The molecule has 0 amide bonds. The summed E-state index contributed by atoms with van der Waals surface area (Å²) in [5.41, 5.74) is -0.610. The monoisotopic (exact) mass is 242 g/mol. The highest BCUT2D eigenvalue weighted by Gasteiger charge is 2.39. The minimum atomic E-state index is -1.30. The summed E-state index contributed by atoms with van der Waals surface area (Å²) in [5.74, 6) is -0.441. The topological polar surface area (TPSA) is 46.5 Å². The maximum absolute atomic E-state index is 13.3. The van der Waals surface area contributed by atoms with Gasteiger partial charge in [-0.25, -0.2) is 9.18 Å². The number of aliphatic hydroxyl groups excluding tert-OH is 1. The number of aliphatic hydroxyl groups is 1. The Morgan fingerprint density at radius 1 is 1.44 bits per heavy atom. The number of thioether (sulfide) groups is 1. The fraction of sp³-hybridized carbons (Fsp3) is 0.364. The maximum Gasteiger partial charge on any atom is 0.338 e. The first-order valence-corrected chi connectivity index (χ1v) is 5.93. The van der Waals surface area contributed by atoms with Crippen molar-refractivity contribution in [1.29, 1.82) is 0 Å². The molecule has 1 aromatic rings. The van der Waals surface area contributed by atoms with Gasteiger partial charge in [0.15, 0.2) is 6.10 Å². The van der Waals surface area contributed by atoms with Gasteiger partial charge < -0.3 is 9.84 Å².